The zero-order chi connectivity index (χ0) is 24.5. The second-order valence-corrected chi connectivity index (χ2v) is 10.2. The predicted molar refractivity (Wildman–Crippen MR) is 137 cm³/mol. The van der Waals surface area contributed by atoms with E-state index in [9.17, 15) is 4.79 Å². The Labute approximate surface area is 213 Å². The number of carbonyl (C=O) groups excluding carboxylic acids is 1. The van der Waals surface area contributed by atoms with E-state index in [1.165, 1.54) is 0 Å². The minimum atomic E-state index is -0.230. The normalized spacial score (nSPS) is 21.2. The van der Waals surface area contributed by atoms with Crippen molar-refractivity contribution in [1.82, 2.24) is 19.5 Å². The molecule has 3 aromatic rings. The van der Waals surface area contributed by atoms with Crippen LogP contribution in [0.2, 0.25) is 10.0 Å². The lowest BCUT2D eigenvalue weighted by atomic mass is 9.85. The average Bonchev–Trinajstić information content (AvgIpc) is 3.19. The summed E-state index contributed by atoms with van der Waals surface area (Å²) >= 11 is 12.7. The molecule has 1 aliphatic heterocycles. The number of halogens is 2. The van der Waals surface area contributed by atoms with Gasteiger partial charge in [-0.1, -0.05) is 23.2 Å². The smallest absolute Gasteiger partial charge is 0.224 e. The quantitative estimate of drug-likeness (QED) is 0.420. The maximum atomic E-state index is 11.7. The minimum absolute atomic E-state index is 0.0919. The molecule has 0 unspecified atom stereocenters. The number of fused-ring (bicyclic) bond motifs is 1. The zero-order valence-corrected chi connectivity index (χ0v) is 21.1. The van der Waals surface area contributed by atoms with Crippen molar-refractivity contribution >= 4 is 57.9 Å². The third-order valence-electron chi connectivity index (χ3n) is 6.94. The largest absolute Gasteiger partial charge is 0.381 e. The highest BCUT2D eigenvalue weighted by molar-refractivity contribution is 6.36. The van der Waals surface area contributed by atoms with Crippen molar-refractivity contribution < 1.29 is 9.53 Å². The molecular formula is C24H29Cl2N7O2. The lowest BCUT2D eigenvalue weighted by Crippen LogP contribution is -2.29. The van der Waals surface area contributed by atoms with Crippen LogP contribution in [0.1, 0.15) is 50.1 Å². The van der Waals surface area contributed by atoms with Gasteiger partial charge in [0.25, 0.3) is 0 Å². The first kappa shape index (κ1) is 24.1. The summed E-state index contributed by atoms with van der Waals surface area (Å²) < 4.78 is 7.58. The second kappa shape index (κ2) is 10.2. The monoisotopic (exact) mass is 517 g/mol. The van der Waals surface area contributed by atoms with Crippen LogP contribution in [0, 0.1) is 12.8 Å². The van der Waals surface area contributed by atoms with E-state index in [1.807, 2.05) is 13.0 Å². The van der Waals surface area contributed by atoms with Gasteiger partial charge in [0.15, 0.2) is 5.65 Å². The van der Waals surface area contributed by atoms with Crippen molar-refractivity contribution in [2.24, 2.45) is 11.7 Å². The van der Waals surface area contributed by atoms with Crippen LogP contribution < -0.4 is 16.4 Å². The molecule has 9 nitrogen and oxygen atoms in total. The molecule has 1 aromatic carbocycles. The molecule has 186 valence electrons. The number of nitrogens with zero attached hydrogens (tertiary/aromatic N) is 4. The number of ether oxygens (including phenoxy) is 1. The number of carbonyl (C=O) groups is 1. The Hall–Kier alpha value is -2.62. The molecule has 1 amide bonds. The van der Waals surface area contributed by atoms with E-state index in [1.54, 1.807) is 12.3 Å². The van der Waals surface area contributed by atoms with Gasteiger partial charge in [-0.15, -0.1) is 0 Å². The van der Waals surface area contributed by atoms with Gasteiger partial charge < -0.3 is 21.1 Å². The van der Waals surface area contributed by atoms with Crippen molar-refractivity contribution in [2.45, 2.75) is 57.5 Å². The van der Waals surface area contributed by atoms with Crippen LogP contribution in [0.5, 0.6) is 0 Å². The van der Waals surface area contributed by atoms with Gasteiger partial charge in [0.1, 0.15) is 5.52 Å². The molecule has 2 aromatic heterocycles. The molecule has 1 aliphatic carbocycles. The van der Waals surface area contributed by atoms with E-state index in [2.05, 4.69) is 20.2 Å². The minimum Gasteiger partial charge on any atom is -0.381 e. The molecule has 11 heteroatoms. The summed E-state index contributed by atoms with van der Waals surface area (Å²) in [6.45, 7) is 3.41. The van der Waals surface area contributed by atoms with Gasteiger partial charge in [0.05, 0.1) is 16.9 Å². The van der Waals surface area contributed by atoms with Gasteiger partial charge in [-0.05, 0) is 63.1 Å². The molecule has 2 aliphatic rings. The number of hydrogen-bond donors (Lipinski definition) is 3. The highest BCUT2D eigenvalue weighted by Crippen LogP contribution is 2.38. The molecule has 0 atom stereocenters. The number of primary amides is 1. The first-order valence-corrected chi connectivity index (χ1v) is 12.8. The summed E-state index contributed by atoms with van der Waals surface area (Å²) in [6, 6.07) is 3.95. The number of nitrogens with two attached hydrogens (primary N) is 1. The number of imidazole rings is 1. The Bertz CT molecular complexity index is 1210. The van der Waals surface area contributed by atoms with Gasteiger partial charge >= 0.3 is 0 Å². The summed E-state index contributed by atoms with van der Waals surface area (Å²) in [4.78, 5) is 25.9. The van der Waals surface area contributed by atoms with Gasteiger partial charge in [0.2, 0.25) is 17.8 Å². The summed E-state index contributed by atoms with van der Waals surface area (Å²) in [5.41, 5.74) is 8.65. The maximum Gasteiger partial charge on any atom is 0.224 e. The van der Waals surface area contributed by atoms with Crippen LogP contribution >= 0.6 is 23.2 Å². The van der Waals surface area contributed by atoms with Gasteiger partial charge in [-0.25, -0.2) is 9.97 Å². The molecule has 35 heavy (non-hydrogen) atoms. The molecule has 0 radical (unpaired) electrons. The topological polar surface area (TPSA) is 120 Å². The average molecular weight is 518 g/mol. The van der Waals surface area contributed by atoms with Crippen LogP contribution in [0.3, 0.4) is 0 Å². The molecule has 5 rings (SSSR count). The Balaban J connectivity index is 1.52. The summed E-state index contributed by atoms with van der Waals surface area (Å²) in [7, 11) is 0. The lowest BCUT2D eigenvalue weighted by Gasteiger charge is -2.29. The van der Waals surface area contributed by atoms with E-state index < -0.39 is 0 Å². The van der Waals surface area contributed by atoms with E-state index in [4.69, 9.17) is 43.6 Å². The SMILES string of the molecule is Cc1cc(Cl)cc(Cl)c1Nc1nc2cnc(NC3CCOCC3)nc2n1[C@H]1CC[C@@H](C(N)=O)CC1. The molecular weight excluding hydrogens is 489 g/mol. The Morgan fingerprint density at radius 3 is 2.54 bits per heavy atom. The maximum absolute atomic E-state index is 11.7. The number of benzene rings is 1. The number of aryl methyl sites for hydroxylation is 1. The van der Waals surface area contributed by atoms with E-state index >= 15 is 0 Å². The molecule has 0 bridgehead atoms. The van der Waals surface area contributed by atoms with E-state index in [-0.39, 0.29) is 23.9 Å². The van der Waals surface area contributed by atoms with Crippen molar-refractivity contribution in [3.05, 3.63) is 33.9 Å². The van der Waals surface area contributed by atoms with E-state index in [0.717, 1.165) is 68.6 Å². The molecule has 4 N–H and O–H groups in total. The Morgan fingerprint density at radius 1 is 1.11 bits per heavy atom. The highest BCUT2D eigenvalue weighted by Gasteiger charge is 2.29. The van der Waals surface area contributed by atoms with Crippen molar-refractivity contribution in [3.63, 3.8) is 0 Å². The Kier molecular flexibility index (Phi) is 7.00. The van der Waals surface area contributed by atoms with Crippen LogP contribution in [-0.2, 0) is 9.53 Å². The number of amides is 1. The number of aromatic nitrogens is 4. The molecule has 2 fully saturated rings. The first-order valence-electron chi connectivity index (χ1n) is 12.0. The zero-order valence-electron chi connectivity index (χ0n) is 19.6. The Morgan fingerprint density at radius 2 is 1.86 bits per heavy atom. The van der Waals surface area contributed by atoms with Gasteiger partial charge in [-0.3, -0.25) is 9.36 Å². The fraction of sp³-hybridized carbons (Fsp3) is 0.500. The fourth-order valence-electron chi connectivity index (χ4n) is 5.01. The van der Waals surface area contributed by atoms with Crippen LogP contribution in [-0.4, -0.2) is 44.7 Å². The number of anilines is 3. The summed E-state index contributed by atoms with van der Waals surface area (Å²) in [5, 5.41) is 7.96. The van der Waals surface area contributed by atoms with Crippen LogP contribution in [0.15, 0.2) is 18.3 Å². The second-order valence-electron chi connectivity index (χ2n) is 9.35. The van der Waals surface area contributed by atoms with Gasteiger partial charge in [-0.2, -0.15) is 4.98 Å². The molecule has 1 saturated carbocycles. The van der Waals surface area contributed by atoms with Crippen LogP contribution in [0.4, 0.5) is 17.6 Å². The van der Waals surface area contributed by atoms with Crippen molar-refractivity contribution in [1.29, 1.82) is 0 Å². The highest BCUT2D eigenvalue weighted by atomic mass is 35.5. The molecule has 1 saturated heterocycles. The third-order valence-corrected chi connectivity index (χ3v) is 7.46. The fourth-order valence-corrected chi connectivity index (χ4v) is 5.65. The summed E-state index contributed by atoms with van der Waals surface area (Å²) in [6.07, 6.45) is 6.65. The van der Waals surface area contributed by atoms with Crippen molar-refractivity contribution in [3.8, 4) is 0 Å². The standard InChI is InChI=1S/C24H29Cl2N7O2/c1-13-10-15(25)11-18(26)20(13)31-24-30-19-12-28-23(29-16-6-8-35-9-7-16)32-22(19)33(24)17-4-2-14(3-5-17)21(27)34/h10-12,14,16-17H,2-9H2,1H3,(H2,27,34)(H,30,31)(H,28,29,32)/t14-,17+. The molecule has 3 heterocycles. The number of rotatable bonds is 6. The first-order chi connectivity index (χ1) is 16.9. The van der Waals surface area contributed by atoms with E-state index in [0.29, 0.717) is 27.5 Å². The molecule has 0 spiro atoms. The number of nitrogens with one attached hydrogen (secondary N) is 2. The van der Waals surface area contributed by atoms with Crippen molar-refractivity contribution in [2.75, 3.05) is 23.8 Å². The van der Waals surface area contributed by atoms with Gasteiger partial charge in [0, 0.05) is 36.2 Å². The lowest BCUT2D eigenvalue weighted by molar-refractivity contribution is -0.122. The number of hydrogen-bond acceptors (Lipinski definition) is 7. The summed E-state index contributed by atoms with van der Waals surface area (Å²) in [5.74, 6) is 0.882. The predicted octanol–water partition coefficient (Wildman–Crippen LogP) is 4.99. The van der Waals surface area contributed by atoms with Crippen LogP contribution in [0.25, 0.3) is 11.2 Å². The third kappa shape index (κ3) is 5.17.